The van der Waals surface area contributed by atoms with Crippen molar-refractivity contribution < 1.29 is 19.7 Å². The lowest BCUT2D eigenvalue weighted by molar-refractivity contribution is -0.174. The number of esters is 1. The largest absolute Gasteiger partial charge is 0.463 e. The highest BCUT2D eigenvalue weighted by atomic mass is 16.5. The predicted octanol–water partition coefficient (Wildman–Crippen LogP) is 5.34. The minimum Gasteiger partial charge on any atom is -0.463 e. The topological polar surface area (TPSA) is 66.8 Å². The molecule has 31 heavy (non-hydrogen) atoms. The van der Waals surface area contributed by atoms with Crippen LogP contribution in [0.5, 0.6) is 0 Å². The van der Waals surface area contributed by atoms with Gasteiger partial charge in [0.05, 0.1) is 18.3 Å². The van der Waals surface area contributed by atoms with Crippen LogP contribution in [0, 0.1) is 46.3 Å². The van der Waals surface area contributed by atoms with Gasteiger partial charge in [-0.2, -0.15) is 0 Å². The zero-order chi connectivity index (χ0) is 22.6. The minimum absolute atomic E-state index is 0.0367. The fourth-order valence-corrected chi connectivity index (χ4v) is 9.04. The lowest BCUT2D eigenvalue weighted by atomic mass is 9.43. The molecule has 0 aromatic carbocycles. The summed E-state index contributed by atoms with van der Waals surface area (Å²) in [5.74, 6) is 3.17. The normalized spacial score (nSPS) is 47.9. The number of carbonyl (C=O) groups is 1. The van der Waals surface area contributed by atoms with Crippen molar-refractivity contribution in [2.24, 2.45) is 46.3 Å². The van der Waals surface area contributed by atoms with E-state index in [9.17, 15) is 15.0 Å². The third-order valence-corrected chi connectivity index (χ3v) is 10.6. The molecule has 4 saturated carbocycles. The summed E-state index contributed by atoms with van der Waals surface area (Å²) < 4.78 is 5.36. The lowest BCUT2D eigenvalue weighted by Gasteiger charge is -2.62. The quantitative estimate of drug-likeness (QED) is 0.573. The molecule has 4 heteroatoms. The van der Waals surface area contributed by atoms with Crippen LogP contribution in [0.3, 0.4) is 0 Å². The van der Waals surface area contributed by atoms with E-state index in [0.29, 0.717) is 41.9 Å². The van der Waals surface area contributed by atoms with Crippen molar-refractivity contribution in [3.8, 4) is 0 Å². The van der Waals surface area contributed by atoms with Crippen LogP contribution in [-0.4, -0.2) is 34.5 Å². The molecular formula is C27H46O4. The molecule has 0 saturated heterocycles. The van der Waals surface area contributed by atoms with Crippen molar-refractivity contribution in [2.75, 3.05) is 0 Å². The van der Waals surface area contributed by atoms with Crippen LogP contribution in [0.25, 0.3) is 0 Å². The van der Waals surface area contributed by atoms with Crippen LogP contribution < -0.4 is 0 Å². The average Bonchev–Trinajstić information content (AvgIpc) is 3.04. The van der Waals surface area contributed by atoms with Crippen LogP contribution in [0.15, 0.2) is 0 Å². The molecule has 4 rings (SSSR count). The van der Waals surface area contributed by atoms with Gasteiger partial charge in [-0.05, 0) is 118 Å². The first-order chi connectivity index (χ1) is 14.6. The molecule has 178 valence electrons. The summed E-state index contributed by atoms with van der Waals surface area (Å²) in [6.45, 7) is 11.1. The number of hydrogen-bond donors (Lipinski definition) is 2. The third kappa shape index (κ3) is 4.09. The Kier molecular flexibility index (Phi) is 6.55. The maximum atomic E-state index is 12.1. The fourth-order valence-electron chi connectivity index (χ4n) is 9.04. The molecule has 0 bridgehead atoms. The Morgan fingerprint density at radius 1 is 0.968 bits per heavy atom. The maximum Gasteiger partial charge on any atom is 0.306 e. The molecule has 4 unspecified atom stereocenters. The summed E-state index contributed by atoms with van der Waals surface area (Å²) in [7, 11) is 0. The highest BCUT2D eigenvalue weighted by Crippen LogP contribution is 2.68. The van der Waals surface area contributed by atoms with Gasteiger partial charge < -0.3 is 14.9 Å². The maximum absolute atomic E-state index is 12.1. The summed E-state index contributed by atoms with van der Waals surface area (Å²) in [6, 6.07) is 0. The first kappa shape index (κ1) is 23.5. The minimum atomic E-state index is -0.215. The van der Waals surface area contributed by atoms with Crippen molar-refractivity contribution in [2.45, 2.75) is 117 Å². The molecule has 0 amide bonds. The highest BCUT2D eigenvalue weighted by Gasteiger charge is 2.62. The van der Waals surface area contributed by atoms with E-state index >= 15 is 0 Å². The van der Waals surface area contributed by atoms with E-state index in [1.54, 1.807) is 0 Å². The first-order valence-electron chi connectivity index (χ1n) is 13.1. The van der Waals surface area contributed by atoms with Crippen LogP contribution >= 0.6 is 0 Å². The Bertz CT molecular complexity index is 662. The molecule has 0 aromatic heterocycles. The summed E-state index contributed by atoms with van der Waals surface area (Å²) >= 11 is 0. The highest BCUT2D eigenvalue weighted by molar-refractivity contribution is 5.69. The van der Waals surface area contributed by atoms with E-state index < -0.39 is 0 Å². The Morgan fingerprint density at radius 3 is 2.35 bits per heavy atom. The number of hydrogen-bond acceptors (Lipinski definition) is 4. The van der Waals surface area contributed by atoms with E-state index in [1.165, 1.54) is 25.7 Å². The third-order valence-electron chi connectivity index (χ3n) is 10.6. The van der Waals surface area contributed by atoms with Gasteiger partial charge in [0, 0.05) is 6.42 Å². The molecule has 4 aliphatic carbocycles. The molecule has 10 atom stereocenters. The molecule has 4 fully saturated rings. The number of rotatable bonds is 5. The van der Waals surface area contributed by atoms with Gasteiger partial charge in [0.1, 0.15) is 0 Å². The van der Waals surface area contributed by atoms with E-state index in [1.807, 2.05) is 13.8 Å². The number of aliphatic hydroxyl groups excluding tert-OH is 2. The van der Waals surface area contributed by atoms with Gasteiger partial charge in [0.2, 0.25) is 0 Å². The monoisotopic (exact) mass is 434 g/mol. The number of fused-ring (bicyclic) bond motifs is 5. The van der Waals surface area contributed by atoms with Gasteiger partial charge in [0.15, 0.2) is 0 Å². The Hall–Kier alpha value is -0.610. The second-order valence-corrected chi connectivity index (χ2v) is 12.5. The van der Waals surface area contributed by atoms with Crippen LogP contribution in [0.4, 0.5) is 0 Å². The van der Waals surface area contributed by atoms with Gasteiger partial charge >= 0.3 is 5.97 Å². The second-order valence-electron chi connectivity index (χ2n) is 12.5. The van der Waals surface area contributed by atoms with Gasteiger partial charge in [0.25, 0.3) is 0 Å². The van der Waals surface area contributed by atoms with E-state index in [4.69, 9.17) is 4.74 Å². The number of carbonyl (C=O) groups excluding carboxylic acids is 1. The van der Waals surface area contributed by atoms with Crippen molar-refractivity contribution in [1.29, 1.82) is 0 Å². The second kappa shape index (κ2) is 8.63. The van der Waals surface area contributed by atoms with Crippen molar-refractivity contribution in [3.63, 3.8) is 0 Å². The standard InChI is InChI=1S/C27H46O4/c1-16(2)31-24(30)9-6-17(3)20-7-8-21-25-22(11-13-27(20,21)5)26(4)12-10-19(28)14-18(26)15-23(25)29/h16-23,25,28-29H,6-15H2,1-5H3/t17-,18?,19-,20-,21?,22?,23-,25?,26+,27-/m1/s1. The van der Waals surface area contributed by atoms with Crippen molar-refractivity contribution in [1.82, 2.24) is 0 Å². The van der Waals surface area contributed by atoms with Gasteiger partial charge in [-0.1, -0.05) is 20.8 Å². The first-order valence-corrected chi connectivity index (χ1v) is 13.1. The van der Waals surface area contributed by atoms with Crippen LogP contribution in [0.2, 0.25) is 0 Å². The smallest absolute Gasteiger partial charge is 0.306 e. The van der Waals surface area contributed by atoms with Crippen molar-refractivity contribution >= 4 is 5.97 Å². The molecule has 4 aliphatic rings. The molecule has 0 spiro atoms. The van der Waals surface area contributed by atoms with Gasteiger partial charge in [-0.15, -0.1) is 0 Å². The van der Waals surface area contributed by atoms with E-state index in [2.05, 4.69) is 20.8 Å². The van der Waals surface area contributed by atoms with E-state index in [-0.39, 0.29) is 35.1 Å². The number of ether oxygens (including phenoxy) is 1. The number of aliphatic hydroxyl groups is 2. The molecular weight excluding hydrogens is 388 g/mol. The Balaban J connectivity index is 1.47. The average molecular weight is 435 g/mol. The van der Waals surface area contributed by atoms with E-state index in [0.717, 1.165) is 32.1 Å². The van der Waals surface area contributed by atoms with Crippen LogP contribution in [-0.2, 0) is 9.53 Å². The summed E-state index contributed by atoms with van der Waals surface area (Å²) in [4.78, 5) is 12.1. The molecule has 0 heterocycles. The molecule has 0 radical (unpaired) electrons. The lowest BCUT2D eigenvalue weighted by Crippen LogP contribution is -2.58. The SMILES string of the molecule is CC(C)OC(=O)CC[C@@H](C)[C@H]1CCC2C3C(CC[C@@]21C)[C@@]1(C)CC[C@@H](O)CC1C[C@H]3O. The van der Waals surface area contributed by atoms with Gasteiger partial charge in [-0.3, -0.25) is 4.79 Å². The summed E-state index contributed by atoms with van der Waals surface area (Å²) in [5.41, 5.74) is 0.565. The summed E-state index contributed by atoms with van der Waals surface area (Å²) in [5, 5.41) is 21.6. The Morgan fingerprint density at radius 2 is 1.65 bits per heavy atom. The zero-order valence-corrected chi connectivity index (χ0v) is 20.5. The molecule has 4 nitrogen and oxygen atoms in total. The van der Waals surface area contributed by atoms with Crippen molar-refractivity contribution in [3.05, 3.63) is 0 Å². The molecule has 0 aliphatic heterocycles. The molecule has 0 aromatic rings. The predicted molar refractivity (Wildman–Crippen MR) is 122 cm³/mol. The molecule has 2 N–H and O–H groups in total. The fraction of sp³-hybridized carbons (Fsp3) is 0.963. The van der Waals surface area contributed by atoms with Crippen LogP contribution in [0.1, 0.15) is 98.8 Å². The zero-order valence-electron chi connectivity index (χ0n) is 20.5. The summed E-state index contributed by atoms with van der Waals surface area (Å²) in [6.07, 6.45) is 9.74. The Labute approximate surface area is 189 Å². The van der Waals surface area contributed by atoms with Gasteiger partial charge in [-0.25, -0.2) is 0 Å².